The number of rotatable bonds is 38. The van der Waals surface area contributed by atoms with E-state index in [1.807, 2.05) is 0 Å². The highest BCUT2D eigenvalue weighted by Crippen LogP contribution is 2.43. The van der Waals surface area contributed by atoms with Gasteiger partial charge in [0.2, 0.25) is 0 Å². The molecule has 10 heteroatoms. The first-order valence-corrected chi connectivity index (χ1v) is 22.1. The maximum absolute atomic E-state index is 12.6. The third-order valence-corrected chi connectivity index (χ3v) is 9.42. The molecule has 0 fully saturated rings. The lowest BCUT2D eigenvalue weighted by Gasteiger charge is -2.19. The summed E-state index contributed by atoms with van der Waals surface area (Å²) in [6, 6.07) is 0. The number of unbranched alkanes of at least 4 members (excludes halogenated alkanes) is 17. The van der Waals surface area contributed by atoms with Gasteiger partial charge in [-0.05, 0) is 77.0 Å². The molecule has 3 N–H and O–H groups in total. The molecular formula is C42H76NO8P. The minimum absolute atomic E-state index is 0.0469. The van der Waals surface area contributed by atoms with Gasteiger partial charge in [-0.1, -0.05) is 133 Å². The molecule has 0 heterocycles. The Morgan fingerprint density at radius 3 is 1.54 bits per heavy atom. The summed E-state index contributed by atoms with van der Waals surface area (Å²) in [5, 5.41) is 0. The van der Waals surface area contributed by atoms with Crippen LogP contribution in [0.2, 0.25) is 0 Å². The van der Waals surface area contributed by atoms with Crippen molar-refractivity contribution in [2.45, 2.75) is 180 Å². The van der Waals surface area contributed by atoms with Crippen LogP contribution in [0.25, 0.3) is 0 Å². The van der Waals surface area contributed by atoms with Crippen molar-refractivity contribution >= 4 is 19.8 Å². The van der Waals surface area contributed by atoms with E-state index in [0.717, 1.165) is 77.0 Å². The van der Waals surface area contributed by atoms with Crippen molar-refractivity contribution < 1.29 is 37.6 Å². The van der Waals surface area contributed by atoms with Crippen LogP contribution >= 0.6 is 7.82 Å². The number of carbonyl (C=O) groups excluding carboxylic acids is 2. The zero-order valence-corrected chi connectivity index (χ0v) is 33.9. The molecule has 0 saturated carbocycles. The van der Waals surface area contributed by atoms with E-state index in [0.29, 0.717) is 6.42 Å². The molecule has 0 rings (SSSR count). The van der Waals surface area contributed by atoms with Crippen molar-refractivity contribution in [2.24, 2.45) is 5.73 Å². The molecule has 0 aliphatic heterocycles. The average Bonchev–Trinajstić information content (AvgIpc) is 3.13. The number of hydrogen-bond donors (Lipinski definition) is 2. The number of carbonyl (C=O) groups is 2. The van der Waals surface area contributed by atoms with Crippen LogP contribution < -0.4 is 5.73 Å². The van der Waals surface area contributed by atoms with Crippen molar-refractivity contribution in [1.82, 2.24) is 0 Å². The zero-order chi connectivity index (χ0) is 38.2. The smallest absolute Gasteiger partial charge is 0.462 e. The van der Waals surface area contributed by atoms with Gasteiger partial charge in [0.25, 0.3) is 0 Å². The molecule has 0 bridgehead atoms. The van der Waals surface area contributed by atoms with E-state index in [1.54, 1.807) is 0 Å². The molecule has 0 aromatic heterocycles. The van der Waals surface area contributed by atoms with E-state index >= 15 is 0 Å². The van der Waals surface area contributed by atoms with E-state index in [9.17, 15) is 19.0 Å². The molecule has 0 saturated heterocycles. The Balaban J connectivity index is 4.25. The largest absolute Gasteiger partial charge is 0.472 e. The van der Waals surface area contributed by atoms with Gasteiger partial charge < -0.3 is 20.1 Å². The van der Waals surface area contributed by atoms with Gasteiger partial charge in [0.05, 0.1) is 13.2 Å². The van der Waals surface area contributed by atoms with Gasteiger partial charge in [-0.25, -0.2) is 4.57 Å². The lowest BCUT2D eigenvalue weighted by Crippen LogP contribution is -2.29. The maximum Gasteiger partial charge on any atom is 0.472 e. The third kappa shape index (κ3) is 37.7. The summed E-state index contributed by atoms with van der Waals surface area (Å²) >= 11 is 0. The number of phosphoric acid groups is 1. The standard InChI is InChI=1S/C42H76NO8P/c1-3-5-7-9-11-13-15-17-19-20-21-23-25-27-29-31-33-35-42(45)51-40(39-50-52(46,47)49-37-36-43)38-48-41(44)34-32-30-28-26-24-22-18-16-14-12-10-8-6-4-2/h11,13,16-19,21,23,40H,3-10,12,14-15,20,22,24-39,43H2,1-2H3,(H,46,47)/b13-11-,18-16-,19-17-,23-21-/t40-/m1/s1. The topological polar surface area (TPSA) is 134 Å². The van der Waals surface area contributed by atoms with Crippen LogP contribution in [0, 0.1) is 0 Å². The molecule has 302 valence electrons. The van der Waals surface area contributed by atoms with Crippen LogP contribution in [0.15, 0.2) is 48.6 Å². The lowest BCUT2D eigenvalue weighted by atomic mass is 10.1. The van der Waals surface area contributed by atoms with Gasteiger partial charge in [0, 0.05) is 19.4 Å². The van der Waals surface area contributed by atoms with Gasteiger partial charge >= 0.3 is 19.8 Å². The van der Waals surface area contributed by atoms with Gasteiger partial charge in [0.1, 0.15) is 6.61 Å². The van der Waals surface area contributed by atoms with Crippen molar-refractivity contribution in [3.05, 3.63) is 48.6 Å². The van der Waals surface area contributed by atoms with Crippen molar-refractivity contribution in [1.29, 1.82) is 0 Å². The average molecular weight is 754 g/mol. The van der Waals surface area contributed by atoms with Gasteiger partial charge in [-0.2, -0.15) is 0 Å². The summed E-state index contributed by atoms with van der Waals surface area (Å²) in [6.07, 6.45) is 42.8. The van der Waals surface area contributed by atoms with E-state index < -0.39 is 32.5 Å². The van der Waals surface area contributed by atoms with Gasteiger partial charge in [0.15, 0.2) is 6.10 Å². The fourth-order valence-corrected chi connectivity index (χ4v) is 6.11. The number of allylic oxidation sites excluding steroid dienone is 8. The van der Waals surface area contributed by atoms with E-state index in [4.69, 9.17) is 24.3 Å². The second kappa shape index (κ2) is 38.7. The van der Waals surface area contributed by atoms with E-state index in [1.165, 1.54) is 64.2 Å². The molecule has 0 radical (unpaired) electrons. The molecule has 0 aromatic carbocycles. The molecule has 0 aromatic rings. The van der Waals surface area contributed by atoms with Crippen LogP contribution in [0.3, 0.4) is 0 Å². The first-order valence-electron chi connectivity index (χ1n) is 20.6. The van der Waals surface area contributed by atoms with Crippen LogP contribution in [0.1, 0.15) is 174 Å². The van der Waals surface area contributed by atoms with Crippen molar-refractivity contribution in [3.63, 3.8) is 0 Å². The molecule has 0 aliphatic carbocycles. The maximum atomic E-state index is 12.6. The molecular weight excluding hydrogens is 677 g/mol. The third-order valence-electron chi connectivity index (χ3n) is 8.44. The minimum Gasteiger partial charge on any atom is -0.462 e. The molecule has 2 atom stereocenters. The Hall–Kier alpha value is -2.03. The summed E-state index contributed by atoms with van der Waals surface area (Å²) < 4.78 is 32.7. The summed E-state index contributed by atoms with van der Waals surface area (Å²) in [5.41, 5.74) is 5.34. The van der Waals surface area contributed by atoms with Crippen LogP contribution in [0.5, 0.6) is 0 Å². The lowest BCUT2D eigenvalue weighted by molar-refractivity contribution is -0.161. The Labute approximate surface area is 317 Å². The highest BCUT2D eigenvalue weighted by atomic mass is 31.2. The predicted molar refractivity (Wildman–Crippen MR) is 215 cm³/mol. The minimum atomic E-state index is -4.38. The normalized spacial score (nSPS) is 13.8. The van der Waals surface area contributed by atoms with Crippen LogP contribution in [-0.2, 0) is 32.7 Å². The number of phosphoric ester groups is 1. The van der Waals surface area contributed by atoms with Gasteiger partial charge in [-0.3, -0.25) is 18.6 Å². The summed E-state index contributed by atoms with van der Waals surface area (Å²) in [6.45, 7) is 3.65. The fraction of sp³-hybridized carbons (Fsp3) is 0.762. The summed E-state index contributed by atoms with van der Waals surface area (Å²) in [4.78, 5) is 34.8. The molecule has 1 unspecified atom stereocenters. The Bertz CT molecular complexity index is 996. The predicted octanol–water partition coefficient (Wildman–Crippen LogP) is 11.6. The molecule has 9 nitrogen and oxygen atoms in total. The number of nitrogens with two attached hydrogens (primary N) is 1. The quantitative estimate of drug-likeness (QED) is 0.0273. The van der Waals surface area contributed by atoms with E-state index in [-0.39, 0.29) is 32.6 Å². The van der Waals surface area contributed by atoms with E-state index in [2.05, 4.69) is 62.5 Å². The first-order chi connectivity index (χ1) is 25.3. The second-order valence-corrected chi connectivity index (χ2v) is 14.9. The molecule has 0 aliphatic rings. The fourth-order valence-electron chi connectivity index (χ4n) is 5.34. The van der Waals surface area contributed by atoms with Crippen LogP contribution in [0.4, 0.5) is 0 Å². The highest BCUT2D eigenvalue weighted by molar-refractivity contribution is 7.47. The summed E-state index contributed by atoms with van der Waals surface area (Å²) in [7, 11) is -4.38. The summed E-state index contributed by atoms with van der Waals surface area (Å²) in [5.74, 6) is -0.866. The SMILES string of the molecule is CCCCC/C=C\C/C=C\C/C=C\CCCCCCC(=O)O[C@H](COC(=O)CCCCCCC/C=C\CCCCCCC)COP(=O)(O)OCCN. The first kappa shape index (κ1) is 50.0. The zero-order valence-electron chi connectivity index (χ0n) is 33.0. The molecule has 0 amide bonds. The Morgan fingerprint density at radius 1 is 0.577 bits per heavy atom. The Morgan fingerprint density at radius 2 is 1.00 bits per heavy atom. The van der Waals surface area contributed by atoms with Gasteiger partial charge in [-0.15, -0.1) is 0 Å². The molecule has 52 heavy (non-hydrogen) atoms. The van der Waals surface area contributed by atoms with Crippen molar-refractivity contribution in [3.8, 4) is 0 Å². The highest BCUT2D eigenvalue weighted by Gasteiger charge is 2.25. The van der Waals surface area contributed by atoms with Crippen LogP contribution in [-0.4, -0.2) is 49.3 Å². The monoisotopic (exact) mass is 754 g/mol. The molecule has 0 spiro atoms. The number of hydrogen-bond acceptors (Lipinski definition) is 8. The Kier molecular flexibility index (Phi) is 37.2. The number of ether oxygens (including phenoxy) is 2. The number of esters is 2. The van der Waals surface area contributed by atoms with Crippen molar-refractivity contribution in [2.75, 3.05) is 26.4 Å². The second-order valence-electron chi connectivity index (χ2n) is 13.5.